The molecule has 3 aromatic carbocycles. The third-order valence-corrected chi connectivity index (χ3v) is 7.37. The molecule has 41 heavy (non-hydrogen) atoms. The Morgan fingerprint density at radius 1 is 1.07 bits per heavy atom. The van der Waals surface area contributed by atoms with Gasteiger partial charge in [-0.3, -0.25) is 0 Å². The monoisotopic (exact) mass is 582 g/mol. The third-order valence-electron chi connectivity index (χ3n) is 7.12. The maximum atomic E-state index is 14.8. The Morgan fingerprint density at radius 3 is 2.41 bits per heavy atom. The lowest BCUT2D eigenvalue weighted by atomic mass is 9.88. The molecule has 1 aliphatic rings. The largest absolute Gasteiger partial charge is 0.487 e. The van der Waals surface area contributed by atoms with Gasteiger partial charge in [-0.1, -0.05) is 17.7 Å². The minimum absolute atomic E-state index is 0.114. The van der Waals surface area contributed by atoms with Gasteiger partial charge in [-0.25, -0.2) is 23.2 Å². The van der Waals surface area contributed by atoms with Crippen molar-refractivity contribution in [2.45, 2.75) is 25.2 Å². The Morgan fingerprint density at radius 2 is 1.78 bits per heavy atom. The fourth-order valence-electron chi connectivity index (χ4n) is 4.78. The number of carbonyl (C=O) groups is 1. The van der Waals surface area contributed by atoms with E-state index in [1.165, 1.54) is 23.4 Å². The molecule has 2 heterocycles. The molecule has 2 atom stereocenters. The van der Waals surface area contributed by atoms with E-state index in [-0.39, 0.29) is 18.1 Å². The number of halogens is 3. The molecule has 2 amide bonds. The van der Waals surface area contributed by atoms with Crippen LogP contribution in [0.1, 0.15) is 12.5 Å². The zero-order valence-corrected chi connectivity index (χ0v) is 23.0. The first-order valence-electron chi connectivity index (χ1n) is 13.0. The molecule has 0 bridgehead atoms. The van der Waals surface area contributed by atoms with E-state index in [2.05, 4.69) is 20.3 Å². The second-order valence-corrected chi connectivity index (χ2v) is 10.2. The second-order valence-electron chi connectivity index (χ2n) is 9.81. The van der Waals surface area contributed by atoms with Crippen LogP contribution >= 0.6 is 11.6 Å². The molecular formula is C29H29ClF2N6O3. The number of urea groups is 1. The number of nitrogens with zero attached hydrogens (tertiary/aromatic N) is 5. The van der Waals surface area contributed by atoms with Crippen LogP contribution in [0.2, 0.25) is 5.02 Å². The molecule has 4 aromatic rings. The van der Waals surface area contributed by atoms with E-state index in [1.807, 2.05) is 12.1 Å². The highest BCUT2D eigenvalue weighted by molar-refractivity contribution is 6.30. The van der Waals surface area contributed by atoms with Gasteiger partial charge in [-0.2, -0.15) is 5.10 Å². The molecule has 0 saturated carbocycles. The van der Waals surface area contributed by atoms with Gasteiger partial charge in [0.1, 0.15) is 41.7 Å². The lowest BCUT2D eigenvalue weighted by molar-refractivity contribution is -0.0759. The van der Waals surface area contributed by atoms with Crippen molar-refractivity contribution < 1.29 is 23.4 Å². The van der Waals surface area contributed by atoms with Crippen LogP contribution in [-0.2, 0) is 12.1 Å². The van der Waals surface area contributed by atoms with Crippen molar-refractivity contribution >= 4 is 29.0 Å². The van der Waals surface area contributed by atoms with E-state index in [0.29, 0.717) is 42.6 Å². The Kier molecular flexibility index (Phi) is 8.36. The predicted octanol–water partition coefficient (Wildman–Crippen LogP) is 4.92. The van der Waals surface area contributed by atoms with Gasteiger partial charge in [-0.05, 0) is 61.5 Å². The van der Waals surface area contributed by atoms with Crippen molar-refractivity contribution in [3.05, 3.63) is 102 Å². The average molecular weight is 583 g/mol. The van der Waals surface area contributed by atoms with E-state index in [0.717, 1.165) is 17.8 Å². The number of amides is 2. The normalized spacial score (nSPS) is 15.7. The lowest BCUT2D eigenvalue weighted by Gasteiger charge is -2.36. The van der Waals surface area contributed by atoms with Gasteiger partial charge >= 0.3 is 6.03 Å². The smallest absolute Gasteiger partial charge is 0.321 e. The van der Waals surface area contributed by atoms with Gasteiger partial charge in [0.15, 0.2) is 0 Å². The summed E-state index contributed by atoms with van der Waals surface area (Å²) < 4.78 is 35.8. The van der Waals surface area contributed by atoms with Crippen LogP contribution in [0.3, 0.4) is 0 Å². The van der Waals surface area contributed by atoms with Crippen LogP contribution in [-0.4, -0.2) is 63.1 Å². The summed E-state index contributed by atoms with van der Waals surface area (Å²) in [5.41, 5.74) is -0.365. The number of hydrogen-bond donors (Lipinski definition) is 2. The van der Waals surface area contributed by atoms with Crippen LogP contribution < -0.4 is 15.0 Å². The first kappa shape index (κ1) is 28.3. The SMILES string of the molecule is CC(Oc1ccc(N2CCN(C(=O)Nc3ccc(Cl)cc3)CC2)cc1)C(O)(Cn1cncn1)c1ccc(F)cc1F. The Hall–Kier alpha value is -4.22. The summed E-state index contributed by atoms with van der Waals surface area (Å²) in [5.74, 6) is -1.18. The fourth-order valence-corrected chi connectivity index (χ4v) is 4.90. The number of aromatic nitrogens is 3. The summed E-state index contributed by atoms with van der Waals surface area (Å²) in [6.07, 6.45) is 1.76. The topological polar surface area (TPSA) is 95.8 Å². The van der Waals surface area contributed by atoms with Crippen molar-refractivity contribution in [1.29, 1.82) is 0 Å². The first-order chi connectivity index (χ1) is 19.7. The Labute approximate surface area is 240 Å². The number of anilines is 2. The quantitative estimate of drug-likeness (QED) is 0.306. The molecule has 1 aliphatic heterocycles. The number of ether oxygens (including phenoxy) is 1. The third kappa shape index (κ3) is 6.58. The molecule has 0 aliphatic carbocycles. The van der Waals surface area contributed by atoms with Crippen molar-refractivity contribution in [3.8, 4) is 5.75 Å². The van der Waals surface area contributed by atoms with Gasteiger partial charge in [0.25, 0.3) is 0 Å². The standard InChI is InChI=1S/C29H29ClF2N6O3/c1-20(29(40,17-38-19-33-18-34-38)26-11-4-22(31)16-27(26)32)41-25-9-7-24(8-10-25)36-12-14-37(15-13-36)28(39)35-23-5-2-21(30)3-6-23/h2-11,16,18-20,40H,12-15,17H2,1H3,(H,35,39). The molecule has 0 radical (unpaired) electrons. The molecule has 2 unspecified atom stereocenters. The van der Waals surface area contributed by atoms with Crippen LogP contribution in [0, 0.1) is 11.6 Å². The predicted molar refractivity (Wildman–Crippen MR) is 151 cm³/mol. The van der Waals surface area contributed by atoms with Crippen LogP contribution in [0.4, 0.5) is 25.0 Å². The maximum Gasteiger partial charge on any atom is 0.321 e. The first-order valence-corrected chi connectivity index (χ1v) is 13.4. The average Bonchev–Trinajstić information content (AvgIpc) is 3.47. The second kappa shape index (κ2) is 12.1. The van der Waals surface area contributed by atoms with Crippen LogP contribution in [0.15, 0.2) is 79.4 Å². The van der Waals surface area contributed by atoms with Crippen molar-refractivity contribution in [1.82, 2.24) is 19.7 Å². The molecule has 12 heteroatoms. The minimum Gasteiger partial charge on any atom is -0.487 e. The highest BCUT2D eigenvalue weighted by atomic mass is 35.5. The summed E-state index contributed by atoms with van der Waals surface area (Å²) in [4.78, 5) is 20.4. The van der Waals surface area contributed by atoms with Gasteiger partial charge < -0.3 is 25.0 Å². The van der Waals surface area contributed by atoms with E-state index in [9.17, 15) is 18.7 Å². The number of rotatable bonds is 8. The number of carbonyl (C=O) groups excluding carboxylic acids is 1. The van der Waals surface area contributed by atoms with Gasteiger partial charge in [0.2, 0.25) is 0 Å². The van der Waals surface area contributed by atoms with Crippen molar-refractivity contribution in [2.24, 2.45) is 0 Å². The number of piperazine rings is 1. The zero-order chi connectivity index (χ0) is 29.0. The number of hydrogen-bond acceptors (Lipinski definition) is 6. The summed E-state index contributed by atoms with van der Waals surface area (Å²) in [7, 11) is 0. The highest BCUT2D eigenvalue weighted by Crippen LogP contribution is 2.33. The molecule has 1 aromatic heterocycles. The Balaban J connectivity index is 1.22. The maximum absolute atomic E-state index is 14.8. The van der Waals surface area contributed by atoms with Gasteiger partial charge in [-0.15, -0.1) is 0 Å². The summed E-state index contributed by atoms with van der Waals surface area (Å²) in [6.45, 7) is 3.84. The Bertz CT molecular complexity index is 1470. The van der Waals surface area contributed by atoms with E-state index >= 15 is 0 Å². The number of aliphatic hydroxyl groups is 1. The zero-order valence-electron chi connectivity index (χ0n) is 22.3. The summed E-state index contributed by atoms with van der Waals surface area (Å²) >= 11 is 5.91. The van der Waals surface area contributed by atoms with Crippen molar-refractivity contribution in [2.75, 3.05) is 36.4 Å². The van der Waals surface area contributed by atoms with Crippen LogP contribution in [0.5, 0.6) is 5.75 Å². The van der Waals surface area contributed by atoms with Crippen LogP contribution in [0.25, 0.3) is 0 Å². The molecule has 2 N–H and O–H groups in total. The molecule has 5 rings (SSSR count). The molecule has 1 fully saturated rings. The van der Waals surface area contributed by atoms with E-state index in [4.69, 9.17) is 16.3 Å². The van der Waals surface area contributed by atoms with Crippen molar-refractivity contribution in [3.63, 3.8) is 0 Å². The molecular weight excluding hydrogens is 554 g/mol. The number of benzene rings is 3. The van der Waals surface area contributed by atoms with E-state index in [1.54, 1.807) is 48.2 Å². The van der Waals surface area contributed by atoms with Gasteiger partial charge in [0.05, 0.1) is 6.54 Å². The van der Waals surface area contributed by atoms with E-state index < -0.39 is 23.3 Å². The summed E-state index contributed by atoms with van der Waals surface area (Å²) in [6, 6.07) is 17.1. The molecule has 0 spiro atoms. The summed E-state index contributed by atoms with van der Waals surface area (Å²) in [5, 5.41) is 19.2. The molecule has 9 nitrogen and oxygen atoms in total. The fraction of sp³-hybridized carbons (Fsp3) is 0.276. The van der Waals surface area contributed by atoms with Gasteiger partial charge in [0, 0.05) is 54.2 Å². The lowest BCUT2D eigenvalue weighted by Crippen LogP contribution is -2.50. The molecule has 1 saturated heterocycles. The highest BCUT2D eigenvalue weighted by Gasteiger charge is 2.41. The number of nitrogens with one attached hydrogen (secondary N) is 1. The molecule has 214 valence electrons. The minimum atomic E-state index is -1.88.